The summed E-state index contributed by atoms with van der Waals surface area (Å²) in [5.74, 6) is 0.651. The van der Waals surface area contributed by atoms with E-state index in [1.807, 2.05) is 48.5 Å². The van der Waals surface area contributed by atoms with Crippen molar-refractivity contribution in [1.82, 2.24) is 4.90 Å². The van der Waals surface area contributed by atoms with Gasteiger partial charge in [-0.3, -0.25) is 4.90 Å². The summed E-state index contributed by atoms with van der Waals surface area (Å²) in [5.41, 5.74) is 2.13. The lowest BCUT2D eigenvalue weighted by atomic mass is 10.0. The van der Waals surface area contributed by atoms with Gasteiger partial charge in [-0.05, 0) is 17.5 Å². The molecule has 4 nitrogen and oxygen atoms in total. The second kappa shape index (κ2) is 10.8. The molecule has 146 valence electrons. The van der Waals surface area contributed by atoms with Gasteiger partial charge in [-0.15, -0.1) is 0 Å². The first kappa shape index (κ1) is 20.4. The van der Waals surface area contributed by atoms with Gasteiger partial charge in [0.1, 0.15) is 0 Å². The Morgan fingerprint density at radius 2 is 1.48 bits per heavy atom. The van der Waals surface area contributed by atoms with Crippen LogP contribution in [-0.2, 0) is 4.74 Å². The molecule has 1 fully saturated rings. The van der Waals surface area contributed by atoms with Crippen LogP contribution in [0.1, 0.15) is 28.9 Å². The molecule has 1 aliphatic rings. The zero-order valence-corrected chi connectivity index (χ0v) is 16.4. The Morgan fingerprint density at radius 1 is 0.889 bits per heavy atom. The zero-order chi connectivity index (χ0) is 18.9. The maximum absolute atomic E-state index is 10.7. The van der Waals surface area contributed by atoms with Gasteiger partial charge in [0.2, 0.25) is 0 Å². The number of hydrogen-bond acceptors (Lipinski definition) is 5. The van der Waals surface area contributed by atoms with Crippen LogP contribution in [0.2, 0.25) is 0 Å². The second-order valence-corrected chi connectivity index (χ2v) is 8.20. The maximum atomic E-state index is 10.7. The summed E-state index contributed by atoms with van der Waals surface area (Å²) in [6, 6.07) is 20.1. The molecule has 5 heteroatoms. The van der Waals surface area contributed by atoms with Crippen LogP contribution in [-0.4, -0.2) is 59.8 Å². The third-order valence-corrected chi connectivity index (χ3v) is 6.30. The molecule has 2 aromatic rings. The van der Waals surface area contributed by atoms with Gasteiger partial charge in [-0.2, -0.15) is 11.8 Å². The molecule has 0 amide bonds. The minimum absolute atomic E-state index is 0.140. The molecule has 3 rings (SSSR count). The first-order valence-electron chi connectivity index (χ1n) is 9.60. The van der Waals surface area contributed by atoms with E-state index in [1.54, 1.807) is 11.8 Å². The number of thioether (sulfide) groups is 1. The van der Waals surface area contributed by atoms with Crippen LogP contribution in [0, 0.1) is 0 Å². The van der Waals surface area contributed by atoms with Crippen molar-refractivity contribution in [3.8, 4) is 0 Å². The molecule has 27 heavy (non-hydrogen) atoms. The average Bonchev–Trinajstić information content (AvgIpc) is 2.73. The molecular weight excluding hydrogens is 358 g/mol. The minimum Gasteiger partial charge on any atom is -0.391 e. The standard InChI is InChI=1S/C22H29NO3S/c24-20(16-23-11-13-26-14-12-23)17-27-22(19-9-5-2-6-10-19)15-21(25)18-7-3-1-4-8-18/h1-10,20-22,24-25H,11-17H2/t20-,21+,22-/m1/s1. The first-order chi connectivity index (χ1) is 13.2. The highest BCUT2D eigenvalue weighted by molar-refractivity contribution is 7.99. The lowest BCUT2D eigenvalue weighted by Crippen LogP contribution is -2.41. The molecule has 1 saturated heterocycles. The van der Waals surface area contributed by atoms with Crippen LogP contribution in [0.3, 0.4) is 0 Å². The summed E-state index contributed by atoms with van der Waals surface area (Å²) in [7, 11) is 0. The van der Waals surface area contributed by atoms with E-state index in [4.69, 9.17) is 4.74 Å². The van der Waals surface area contributed by atoms with E-state index in [1.165, 1.54) is 5.56 Å². The molecule has 0 unspecified atom stereocenters. The van der Waals surface area contributed by atoms with E-state index in [0.29, 0.717) is 18.7 Å². The van der Waals surface area contributed by atoms with E-state index in [-0.39, 0.29) is 11.4 Å². The van der Waals surface area contributed by atoms with Crippen molar-refractivity contribution in [3.63, 3.8) is 0 Å². The molecule has 0 radical (unpaired) electrons. The van der Waals surface area contributed by atoms with Gasteiger partial charge in [0.05, 0.1) is 25.4 Å². The number of hydrogen-bond donors (Lipinski definition) is 2. The number of aliphatic hydroxyl groups is 2. The first-order valence-corrected chi connectivity index (χ1v) is 10.6. The summed E-state index contributed by atoms with van der Waals surface area (Å²) in [6.07, 6.45) is -0.267. The van der Waals surface area contributed by atoms with Gasteiger partial charge in [0, 0.05) is 30.6 Å². The van der Waals surface area contributed by atoms with Crippen molar-refractivity contribution < 1.29 is 14.9 Å². The SMILES string of the molecule is O[C@@H](CS[C@H](C[C@H](O)c1ccccc1)c1ccccc1)CN1CCOCC1. The van der Waals surface area contributed by atoms with Crippen LogP contribution in [0.25, 0.3) is 0 Å². The summed E-state index contributed by atoms with van der Waals surface area (Å²) in [4.78, 5) is 2.26. The molecule has 2 aromatic carbocycles. The smallest absolute Gasteiger partial charge is 0.0803 e. The highest BCUT2D eigenvalue weighted by Gasteiger charge is 2.21. The van der Waals surface area contributed by atoms with E-state index in [9.17, 15) is 10.2 Å². The predicted octanol–water partition coefficient (Wildman–Crippen LogP) is 3.28. The summed E-state index contributed by atoms with van der Waals surface area (Å²) >= 11 is 1.73. The van der Waals surface area contributed by atoms with Crippen molar-refractivity contribution in [1.29, 1.82) is 0 Å². The molecule has 1 aliphatic heterocycles. The number of rotatable bonds is 9. The molecule has 0 spiro atoms. The Morgan fingerprint density at radius 3 is 2.11 bits per heavy atom. The van der Waals surface area contributed by atoms with E-state index >= 15 is 0 Å². The van der Waals surface area contributed by atoms with Crippen molar-refractivity contribution in [2.75, 3.05) is 38.6 Å². The van der Waals surface area contributed by atoms with E-state index < -0.39 is 6.10 Å². The maximum Gasteiger partial charge on any atom is 0.0803 e. The Hall–Kier alpha value is -1.37. The average molecular weight is 388 g/mol. The Labute approximate surface area is 166 Å². The summed E-state index contributed by atoms with van der Waals surface area (Å²) in [6.45, 7) is 3.94. The third kappa shape index (κ3) is 6.63. The molecule has 1 heterocycles. The van der Waals surface area contributed by atoms with Gasteiger partial charge in [-0.1, -0.05) is 60.7 Å². The molecule has 0 bridgehead atoms. The number of ether oxygens (including phenoxy) is 1. The topological polar surface area (TPSA) is 52.9 Å². The van der Waals surface area contributed by atoms with E-state index in [0.717, 1.165) is 31.9 Å². The van der Waals surface area contributed by atoms with Crippen molar-refractivity contribution >= 4 is 11.8 Å². The van der Waals surface area contributed by atoms with Gasteiger partial charge in [-0.25, -0.2) is 0 Å². The quantitative estimate of drug-likeness (QED) is 0.692. The van der Waals surface area contributed by atoms with Crippen LogP contribution in [0.5, 0.6) is 0 Å². The molecular formula is C22H29NO3S. The molecule has 0 aromatic heterocycles. The van der Waals surface area contributed by atoms with Gasteiger partial charge < -0.3 is 14.9 Å². The summed E-state index contributed by atoms with van der Waals surface area (Å²) < 4.78 is 5.37. The third-order valence-electron chi connectivity index (χ3n) is 4.86. The Balaban J connectivity index is 1.58. The second-order valence-electron chi connectivity index (χ2n) is 6.96. The van der Waals surface area contributed by atoms with Gasteiger partial charge in [0.15, 0.2) is 0 Å². The fourth-order valence-corrected chi connectivity index (χ4v) is 4.57. The molecule has 2 N–H and O–H groups in total. The van der Waals surface area contributed by atoms with Crippen LogP contribution in [0.15, 0.2) is 60.7 Å². The Kier molecular flexibility index (Phi) is 8.17. The van der Waals surface area contributed by atoms with Crippen LogP contribution >= 0.6 is 11.8 Å². The predicted molar refractivity (Wildman–Crippen MR) is 111 cm³/mol. The highest BCUT2D eigenvalue weighted by Crippen LogP contribution is 2.37. The lowest BCUT2D eigenvalue weighted by molar-refractivity contribution is 0.0188. The number of morpholine rings is 1. The number of benzene rings is 2. The van der Waals surface area contributed by atoms with Crippen LogP contribution < -0.4 is 0 Å². The number of nitrogens with zero attached hydrogens (tertiary/aromatic N) is 1. The highest BCUT2D eigenvalue weighted by atomic mass is 32.2. The monoisotopic (exact) mass is 387 g/mol. The molecule has 0 saturated carbocycles. The Bertz CT molecular complexity index is 649. The fraction of sp³-hybridized carbons (Fsp3) is 0.455. The largest absolute Gasteiger partial charge is 0.391 e. The van der Waals surface area contributed by atoms with Gasteiger partial charge >= 0.3 is 0 Å². The normalized spacial score (nSPS) is 18.7. The minimum atomic E-state index is -0.514. The number of β-amino-alcohol motifs (C(OH)–C–C–N with tert-alkyl or cyclic N) is 1. The molecule has 0 aliphatic carbocycles. The van der Waals surface area contributed by atoms with Crippen molar-refractivity contribution in [3.05, 3.63) is 71.8 Å². The fourth-order valence-electron chi connectivity index (χ4n) is 3.34. The molecule has 3 atom stereocenters. The van der Waals surface area contributed by atoms with Gasteiger partial charge in [0.25, 0.3) is 0 Å². The lowest BCUT2D eigenvalue weighted by Gasteiger charge is -2.29. The summed E-state index contributed by atoms with van der Waals surface area (Å²) in [5, 5.41) is 21.3. The zero-order valence-electron chi connectivity index (χ0n) is 15.6. The van der Waals surface area contributed by atoms with Crippen LogP contribution in [0.4, 0.5) is 0 Å². The van der Waals surface area contributed by atoms with Crippen molar-refractivity contribution in [2.45, 2.75) is 23.9 Å². The van der Waals surface area contributed by atoms with E-state index in [2.05, 4.69) is 17.0 Å². The number of aliphatic hydroxyl groups excluding tert-OH is 2. The van der Waals surface area contributed by atoms with Crippen molar-refractivity contribution in [2.24, 2.45) is 0 Å².